The molecule has 2 N–H and O–H groups in total. The minimum atomic E-state index is -0.737. The third kappa shape index (κ3) is 3.03. The molecular formula is C13H10ClF2N3O. The Kier molecular flexibility index (Phi) is 4.14. The van der Waals surface area contributed by atoms with Gasteiger partial charge >= 0.3 is 0 Å². The van der Waals surface area contributed by atoms with Crippen molar-refractivity contribution in [3.8, 4) is 0 Å². The second-order valence-electron chi connectivity index (χ2n) is 3.88. The van der Waals surface area contributed by atoms with Crippen LogP contribution in [0.25, 0.3) is 0 Å². The second-order valence-corrected chi connectivity index (χ2v) is 4.28. The van der Waals surface area contributed by atoms with Crippen LogP contribution in [-0.4, -0.2) is 17.9 Å². The van der Waals surface area contributed by atoms with Gasteiger partial charge in [-0.1, -0.05) is 11.6 Å². The summed E-state index contributed by atoms with van der Waals surface area (Å²) in [5.41, 5.74) is -0.149. The predicted octanol–water partition coefficient (Wildman–Crippen LogP) is 3.31. The molecular weight excluding hydrogens is 288 g/mol. The summed E-state index contributed by atoms with van der Waals surface area (Å²) >= 11 is 5.87. The maximum atomic E-state index is 13.5. The summed E-state index contributed by atoms with van der Waals surface area (Å²) in [5.74, 6) is -1.62. The van der Waals surface area contributed by atoms with E-state index in [-0.39, 0.29) is 16.3 Å². The van der Waals surface area contributed by atoms with E-state index in [4.69, 9.17) is 11.6 Å². The first-order valence-electron chi connectivity index (χ1n) is 5.61. The summed E-state index contributed by atoms with van der Waals surface area (Å²) in [6.07, 6.45) is 1.30. The lowest BCUT2D eigenvalue weighted by molar-refractivity contribution is 0.102. The highest BCUT2D eigenvalue weighted by Gasteiger charge is 2.14. The van der Waals surface area contributed by atoms with Crippen LogP contribution in [0.5, 0.6) is 0 Å². The number of carbonyl (C=O) groups is 1. The van der Waals surface area contributed by atoms with E-state index < -0.39 is 17.5 Å². The summed E-state index contributed by atoms with van der Waals surface area (Å²) in [6.45, 7) is 0. The van der Waals surface area contributed by atoms with Gasteiger partial charge in [0.25, 0.3) is 5.91 Å². The fourth-order valence-corrected chi connectivity index (χ4v) is 1.72. The lowest BCUT2D eigenvalue weighted by atomic mass is 10.2. The molecule has 0 unspecified atom stereocenters. The number of aromatic nitrogens is 1. The number of rotatable bonds is 3. The molecule has 0 fully saturated rings. The normalized spacial score (nSPS) is 10.2. The smallest absolute Gasteiger partial charge is 0.257 e. The Labute approximate surface area is 118 Å². The molecule has 0 saturated carbocycles. The average Bonchev–Trinajstić information content (AvgIpc) is 2.43. The molecule has 1 aromatic heterocycles. The predicted molar refractivity (Wildman–Crippen MR) is 73.1 cm³/mol. The lowest BCUT2D eigenvalue weighted by Crippen LogP contribution is -2.14. The van der Waals surface area contributed by atoms with Gasteiger partial charge in [0, 0.05) is 19.3 Å². The van der Waals surface area contributed by atoms with Crippen LogP contribution >= 0.6 is 11.6 Å². The Morgan fingerprint density at radius 2 is 2.05 bits per heavy atom. The minimum Gasteiger partial charge on any atom is -0.373 e. The van der Waals surface area contributed by atoms with E-state index in [0.29, 0.717) is 5.82 Å². The zero-order valence-corrected chi connectivity index (χ0v) is 11.1. The van der Waals surface area contributed by atoms with Crippen molar-refractivity contribution >= 4 is 29.0 Å². The Balaban J connectivity index is 2.30. The maximum Gasteiger partial charge on any atom is 0.257 e. The van der Waals surface area contributed by atoms with Gasteiger partial charge in [0.15, 0.2) is 0 Å². The van der Waals surface area contributed by atoms with Gasteiger partial charge in [0.05, 0.1) is 16.3 Å². The van der Waals surface area contributed by atoms with Crippen molar-refractivity contribution in [1.82, 2.24) is 4.98 Å². The molecule has 1 heterocycles. The van der Waals surface area contributed by atoms with Crippen LogP contribution in [0.4, 0.5) is 20.3 Å². The number of hydrogen-bond acceptors (Lipinski definition) is 3. The van der Waals surface area contributed by atoms with Crippen molar-refractivity contribution < 1.29 is 13.6 Å². The van der Waals surface area contributed by atoms with E-state index >= 15 is 0 Å². The third-order valence-corrected chi connectivity index (χ3v) is 2.83. The highest BCUT2D eigenvalue weighted by atomic mass is 35.5. The number of nitrogens with one attached hydrogen (secondary N) is 2. The molecule has 0 spiro atoms. The van der Waals surface area contributed by atoms with E-state index in [1.807, 2.05) is 0 Å². The van der Waals surface area contributed by atoms with Crippen LogP contribution in [0.1, 0.15) is 10.4 Å². The van der Waals surface area contributed by atoms with Crippen LogP contribution in [0.2, 0.25) is 5.02 Å². The topological polar surface area (TPSA) is 54.0 Å². The lowest BCUT2D eigenvalue weighted by Gasteiger charge is -2.09. The molecule has 1 aromatic carbocycles. The molecule has 0 saturated heterocycles. The Bertz CT molecular complexity index is 664. The number of nitrogens with zero attached hydrogens (tertiary/aromatic N) is 1. The molecule has 0 atom stereocenters. The van der Waals surface area contributed by atoms with Gasteiger partial charge in [0.2, 0.25) is 0 Å². The highest BCUT2D eigenvalue weighted by molar-refractivity contribution is 6.34. The van der Waals surface area contributed by atoms with E-state index in [0.717, 1.165) is 18.2 Å². The fraction of sp³-hybridized carbons (Fsp3) is 0.0769. The summed E-state index contributed by atoms with van der Waals surface area (Å²) in [7, 11) is 1.63. The Morgan fingerprint density at radius 3 is 2.75 bits per heavy atom. The minimum absolute atomic E-state index is 0.106. The molecule has 1 amide bonds. The van der Waals surface area contributed by atoms with Crippen LogP contribution in [0.15, 0.2) is 30.5 Å². The zero-order chi connectivity index (χ0) is 14.7. The van der Waals surface area contributed by atoms with Gasteiger partial charge in [-0.2, -0.15) is 0 Å². The Morgan fingerprint density at radius 1 is 1.30 bits per heavy atom. The second kappa shape index (κ2) is 5.83. The zero-order valence-electron chi connectivity index (χ0n) is 10.4. The van der Waals surface area contributed by atoms with Gasteiger partial charge < -0.3 is 10.6 Å². The van der Waals surface area contributed by atoms with Crippen molar-refractivity contribution in [3.05, 3.63) is 52.7 Å². The van der Waals surface area contributed by atoms with Gasteiger partial charge in [-0.3, -0.25) is 4.79 Å². The summed E-state index contributed by atoms with van der Waals surface area (Å²) in [6, 6.07) is 4.19. The van der Waals surface area contributed by atoms with Gasteiger partial charge in [-0.15, -0.1) is 0 Å². The van der Waals surface area contributed by atoms with Crippen LogP contribution < -0.4 is 10.6 Å². The van der Waals surface area contributed by atoms with Crippen molar-refractivity contribution in [2.45, 2.75) is 0 Å². The first-order valence-corrected chi connectivity index (χ1v) is 5.98. The quantitative estimate of drug-likeness (QED) is 0.914. The molecule has 20 heavy (non-hydrogen) atoms. The van der Waals surface area contributed by atoms with Crippen LogP contribution in [0, 0.1) is 11.6 Å². The SMILES string of the molecule is CNc1cc(C(=O)Nc2cc(F)ccc2F)c(Cl)cn1. The Hall–Kier alpha value is -2.21. The highest BCUT2D eigenvalue weighted by Crippen LogP contribution is 2.21. The maximum absolute atomic E-state index is 13.5. The van der Waals surface area contributed by atoms with Crippen molar-refractivity contribution in [1.29, 1.82) is 0 Å². The molecule has 0 aliphatic carbocycles. The number of carbonyl (C=O) groups excluding carboxylic acids is 1. The standard InChI is InChI=1S/C13H10ClF2N3O/c1-17-12-5-8(9(14)6-18-12)13(20)19-11-4-7(15)2-3-10(11)16/h2-6H,1H3,(H,17,18)(H,19,20). The van der Waals surface area contributed by atoms with Gasteiger partial charge in [0.1, 0.15) is 17.5 Å². The van der Waals surface area contributed by atoms with Gasteiger partial charge in [-0.05, 0) is 18.2 Å². The average molecular weight is 298 g/mol. The number of halogens is 3. The largest absolute Gasteiger partial charge is 0.373 e. The van der Waals surface area contributed by atoms with Crippen LogP contribution in [0.3, 0.4) is 0 Å². The molecule has 4 nitrogen and oxygen atoms in total. The van der Waals surface area contributed by atoms with Gasteiger partial charge in [-0.25, -0.2) is 13.8 Å². The molecule has 104 valence electrons. The molecule has 2 rings (SSSR count). The van der Waals surface area contributed by atoms with E-state index in [1.165, 1.54) is 12.3 Å². The van der Waals surface area contributed by atoms with E-state index in [2.05, 4.69) is 15.6 Å². The molecule has 2 aromatic rings. The first kappa shape index (κ1) is 14.2. The number of anilines is 2. The van der Waals surface area contributed by atoms with Crippen molar-refractivity contribution in [3.63, 3.8) is 0 Å². The molecule has 0 aliphatic heterocycles. The molecule has 0 bridgehead atoms. The number of pyridine rings is 1. The monoisotopic (exact) mass is 297 g/mol. The van der Waals surface area contributed by atoms with Crippen LogP contribution in [-0.2, 0) is 0 Å². The summed E-state index contributed by atoms with van der Waals surface area (Å²) in [5, 5.41) is 5.13. The van der Waals surface area contributed by atoms with Crippen molar-refractivity contribution in [2.24, 2.45) is 0 Å². The van der Waals surface area contributed by atoms with E-state index in [9.17, 15) is 13.6 Å². The molecule has 0 aliphatic rings. The van der Waals surface area contributed by atoms with Crippen molar-refractivity contribution in [2.75, 3.05) is 17.7 Å². The summed E-state index contributed by atoms with van der Waals surface area (Å²) in [4.78, 5) is 15.9. The molecule has 7 heteroatoms. The fourth-order valence-electron chi connectivity index (χ4n) is 1.53. The number of hydrogen-bond donors (Lipinski definition) is 2. The third-order valence-electron chi connectivity index (χ3n) is 2.53. The first-order chi connectivity index (χ1) is 9.51. The summed E-state index contributed by atoms with van der Waals surface area (Å²) < 4.78 is 26.5. The number of benzene rings is 1. The van der Waals surface area contributed by atoms with E-state index in [1.54, 1.807) is 7.05 Å². The molecule has 0 radical (unpaired) electrons. The number of amides is 1.